The first-order valence-electron chi connectivity index (χ1n) is 7.39. The summed E-state index contributed by atoms with van der Waals surface area (Å²) < 4.78 is 0. The Morgan fingerprint density at radius 1 is 1.21 bits per heavy atom. The zero-order valence-corrected chi connectivity index (χ0v) is 12.9. The lowest BCUT2D eigenvalue weighted by Crippen LogP contribution is -2.28. The highest BCUT2D eigenvalue weighted by Crippen LogP contribution is 2.22. The quantitative estimate of drug-likeness (QED) is 0.772. The molecule has 0 bridgehead atoms. The summed E-state index contributed by atoms with van der Waals surface area (Å²) in [5.74, 6) is 0.383. The molecular formula is C17H14N6O. The van der Waals surface area contributed by atoms with Crippen molar-refractivity contribution in [3.05, 3.63) is 48.2 Å². The van der Waals surface area contributed by atoms with Gasteiger partial charge in [-0.1, -0.05) is 18.2 Å². The lowest BCUT2D eigenvalue weighted by molar-refractivity contribution is 0.252. The summed E-state index contributed by atoms with van der Waals surface area (Å²) in [6.45, 7) is 2.35. The molecule has 0 aliphatic heterocycles. The lowest BCUT2D eigenvalue weighted by atomic mass is 10.1. The number of fused-ring (bicyclic) bond motifs is 1. The van der Waals surface area contributed by atoms with Crippen molar-refractivity contribution in [2.24, 2.45) is 0 Å². The number of nitrogens with zero attached hydrogens (tertiary/aromatic N) is 4. The monoisotopic (exact) mass is 318 g/mol. The second-order valence-corrected chi connectivity index (χ2v) is 4.94. The Morgan fingerprint density at radius 3 is 2.83 bits per heavy atom. The number of nitriles is 1. The molecule has 0 unspecified atom stereocenters. The Labute approximate surface area is 138 Å². The number of hydrogen-bond donors (Lipinski definition) is 2. The fraction of sp³-hybridized carbons (Fsp3) is 0.118. The van der Waals surface area contributed by atoms with Crippen molar-refractivity contribution in [3.8, 4) is 17.3 Å². The standard InChI is InChI=1S/C17H14N6O/c1-2-19-17(24)23-15-8-7-13-16(22-15)21-14(10-20-13)12-6-4-3-5-11(12)9-18/h3-8,10H,2H2,1H3,(H2,19,21,22,23,24). The molecule has 0 saturated heterocycles. The Morgan fingerprint density at radius 2 is 2.04 bits per heavy atom. The largest absolute Gasteiger partial charge is 0.338 e. The first-order chi connectivity index (χ1) is 11.7. The van der Waals surface area contributed by atoms with Crippen molar-refractivity contribution >= 4 is 23.0 Å². The van der Waals surface area contributed by atoms with Gasteiger partial charge in [-0.05, 0) is 25.1 Å². The van der Waals surface area contributed by atoms with Crippen LogP contribution in [0.1, 0.15) is 12.5 Å². The van der Waals surface area contributed by atoms with Gasteiger partial charge in [0, 0.05) is 12.1 Å². The summed E-state index contributed by atoms with van der Waals surface area (Å²) >= 11 is 0. The van der Waals surface area contributed by atoms with E-state index in [-0.39, 0.29) is 6.03 Å². The van der Waals surface area contributed by atoms with Gasteiger partial charge in [-0.15, -0.1) is 0 Å². The van der Waals surface area contributed by atoms with Crippen LogP contribution in [0.4, 0.5) is 10.6 Å². The van der Waals surface area contributed by atoms with Gasteiger partial charge in [0.1, 0.15) is 11.3 Å². The van der Waals surface area contributed by atoms with Crippen molar-refractivity contribution in [2.75, 3.05) is 11.9 Å². The third-order valence-corrected chi connectivity index (χ3v) is 3.31. The average Bonchev–Trinajstić information content (AvgIpc) is 2.61. The van der Waals surface area contributed by atoms with Crippen molar-refractivity contribution < 1.29 is 4.79 Å². The smallest absolute Gasteiger partial charge is 0.320 e. The second kappa shape index (κ2) is 6.71. The first kappa shape index (κ1) is 15.4. The van der Waals surface area contributed by atoms with E-state index in [1.807, 2.05) is 19.1 Å². The summed E-state index contributed by atoms with van der Waals surface area (Å²) in [5, 5.41) is 14.5. The SMILES string of the molecule is CCNC(=O)Nc1ccc2ncc(-c3ccccc3C#N)nc2n1. The number of rotatable bonds is 3. The molecule has 3 aromatic rings. The number of nitrogens with one attached hydrogen (secondary N) is 2. The third-order valence-electron chi connectivity index (χ3n) is 3.31. The number of amides is 2. The zero-order valence-electron chi connectivity index (χ0n) is 12.9. The van der Waals surface area contributed by atoms with Gasteiger partial charge in [0.2, 0.25) is 0 Å². The maximum atomic E-state index is 11.6. The van der Waals surface area contributed by atoms with E-state index >= 15 is 0 Å². The molecular weight excluding hydrogens is 304 g/mol. The summed E-state index contributed by atoms with van der Waals surface area (Å²) in [6, 6.07) is 12.4. The number of hydrogen-bond acceptors (Lipinski definition) is 5. The normalized spacial score (nSPS) is 10.2. The van der Waals surface area contributed by atoms with Crippen LogP contribution in [0.5, 0.6) is 0 Å². The van der Waals surface area contributed by atoms with Crippen LogP contribution in [0.3, 0.4) is 0 Å². The molecule has 7 nitrogen and oxygen atoms in total. The van der Waals surface area contributed by atoms with Crippen LogP contribution in [-0.4, -0.2) is 27.5 Å². The summed E-state index contributed by atoms with van der Waals surface area (Å²) in [7, 11) is 0. The topological polar surface area (TPSA) is 104 Å². The van der Waals surface area contributed by atoms with Crippen LogP contribution >= 0.6 is 0 Å². The number of aromatic nitrogens is 3. The van der Waals surface area contributed by atoms with Gasteiger partial charge >= 0.3 is 6.03 Å². The molecule has 7 heteroatoms. The molecule has 0 aliphatic carbocycles. The maximum Gasteiger partial charge on any atom is 0.320 e. The molecule has 2 heterocycles. The summed E-state index contributed by atoms with van der Waals surface area (Å²) in [6.07, 6.45) is 1.61. The molecule has 3 rings (SSSR count). The number of pyridine rings is 1. The number of carbonyl (C=O) groups is 1. The van der Waals surface area contributed by atoms with Gasteiger partial charge in [0.15, 0.2) is 5.65 Å². The average molecular weight is 318 g/mol. The van der Waals surface area contributed by atoms with E-state index in [0.29, 0.717) is 40.3 Å². The molecule has 2 aromatic heterocycles. The minimum absolute atomic E-state index is 0.330. The fourth-order valence-electron chi connectivity index (χ4n) is 2.22. The molecule has 0 spiro atoms. The van der Waals surface area contributed by atoms with Crippen LogP contribution < -0.4 is 10.6 Å². The summed E-state index contributed by atoms with van der Waals surface area (Å²) in [4.78, 5) is 24.7. The van der Waals surface area contributed by atoms with Crippen LogP contribution in [0, 0.1) is 11.3 Å². The number of anilines is 1. The number of carbonyl (C=O) groups excluding carboxylic acids is 1. The van der Waals surface area contributed by atoms with Crippen molar-refractivity contribution in [1.29, 1.82) is 5.26 Å². The maximum absolute atomic E-state index is 11.6. The van der Waals surface area contributed by atoms with E-state index in [1.165, 1.54) is 0 Å². The Balaban J connectivity index is 2.00. The highest BCUT2D eigenvalue weighted by atomic mass is 16.2. The molecule has 0 fully saturated rings. The first-order valence-corrected chi connectivity index (χ1v) is 7.39. The summed E-state index contributed by atoms with van der Waals surface area (Å²) in [5.41, 5.74) is 2.77. The number of urea groups is 1. The van der Waals surface area contributed by atoms with Crippen LogP contribution in [0.25, 0.3) is 22.4 Å². The lowest BCUT2D eigenvalue weighted by Gasteiger charge is -2.07. The van der Waals surface area contributed by atoms with E-state index in [9.17, 15) is 10.1 Å². The highest BCUT2D eigenvalue weighted by Gasteiger charge is 2.09. The van der Waals surface area contributed by atoms with Gasteiger partial charge in [0.25, 0.3) is 0 Å². The van der Waals surface area contributed by atoms with Gasteiger partial charge < -0.3 is 5.32 Å². The Hall–Kier alpha value is -3.53. The minimum atomic E-state index is -0.330. The van der Waals surface area contributed by atoms with Gasteiger partial charge in [-0.3, -0.25) is 10.3 Å². The van der Waals surface area contributed by atoms with Crippen LogP contribution in [-0.2, 0) is 0 Å². The van der Waals surface area contributed by atoms with Crippen LogP contribution in [0.15, 0.2) is 42.6 Å². The van der Waals surface area contributed by atoms with E-state index < -0.39 is 0 Å². The van der Waals surface area contributed by atoms with Crippen molar-refractivity contribution in [1.82, 2.24) is 20.3 Å². The molecule has 2 amide bonds. The van der Waals surface area contributed by atoms with Gasteiger partial charge in [-0.2, -0.15) is 5.26 Å². The molecule has 0 aliphatic rings. The predicted molar refractivity (Wildman–Crippen MR) is 90.2 cm³/mol. The van der Waals surface area contributed by atoms with E-state index in [0.717, 1.165) is 0 Å². The van der Waals surface area contributed by atoms with E-state index in [1.54, 1.807) is 30.5 Å². The van der Waals surface area contributed by atoms with Crippen molar-refractivity contribution in [3.63, 3.8) is 0 Å². The predicted octanol–water partition coefficient (Wildman–Crippen LogP) is 2.70. The Bertz CT molecular complexity index is 947. The van der Waals surface area contributed by atoms with E-state index in [4.69, 9.17) is 0 Å². The van der Waals surface area contributed by atoms with Crippen molar-refractivity contribution in [2.45, 2.75) is 6.92 Å². The third kappa shape index (κ3) is 3.13. The zero-order chi connectivity index (χ0) is 16.9. The molecule has 1 aromatic carbocycles. The molecule has 0 atom stereocenters. The van der Waals surface area contributed by atoms with Gasteiger partial charge in [-0.25, -0.2) is 14.8 Å². The Kier molecular flexibility index (Phi) is 4.29. The molecule has 2 N–H and O–H groups in total. The van der Waals surface area contributed by atoms with Gasteiger partial charge in [0.05, 0.1) is 23.5 Å². The fourth-order valence-corrected chi connectivity index (χ4v) is 2.22. The minimum Gasteiger partial charge on any atom is -0.338 e. The van der Waals surface area contributed by atoms with Crippen LogP contribution in [0.2, 0.25) is 0 Å². The number of benzene rings is 1. The molecule has 118 valence electrons. The highest BCUT2D eigenvalue weighted by molar-refractivity contribution is 5.89. The molecule has 24 heavy (non-hydrogen) atoms. The molecule has 0 radical (unpaired) electrons. The van der Waals surface area contributed by atoms with E-state index in [2.05, 4.69) is 31.7 Å². The molecule has 0 saturated carbocycles. The second-order valence-electron chi connectivity index (χ2n) is 4.94.